The van der Waals surface area contributed by atoms with E-state index in [1.807, 2.05) is 39.2 Å². The van der Waals surface area contributed by atoms with Gasteiger partial charge >= 0.3 is 0 Å². The van der Waals surface area contributed by atoms with Crippen LogP contribution in [-0.2, 0) is 4.79 Å². The number of pyridine rings is 1. The first-order valence-corrected chi connectivity index (χ1v) is 8.67. The molecular weight excluding hydrogens is 352 g/mol. The number of nitrogens with one attached hydrogen (secondary N) is 1. The molecule has 0 aliphatic rings. The van der Waals surface area contributed by atoms with Crippen molar-refractivity contribution in [1.29, 1.82) is 5.26 Å². The van der Waals surface area contributed by atoms with Crippen molar-refractivity contribution in [3.8, 4) is 17.2 Å². The summed E-state index contributed by atoms with van der Waals surface area (Å²) in [6.45, 7) is 3.66. The van der Waals surface area contributed by atoms with Gasteiger partial charge in [-0.1, -0.05) is 6.07 Å². The Morgan fingerprint density at radius 1 is 1.36 bits per heavy atom. The molecule has 0 aliphatic carbocycles. The molecule has 0 unspecified atom stereocenters. The summed E-state index contributed by atoms with van der Waals surface area (Å²) in [4.78, 5) is 22.6. The first kappa shape index (κ1) is 20.6. The van der Waals surface area contributed by atoms with Gasteiger partial charge in [0.25, 0.3) is 5.91 Å². The lowest BCUT2D eigenvalue weighted by atomic mass is 10.00. The predicted octanol–water partition coefficient (Wildman–Crippen LogP) is 2.87. The van der Waals surface area contributed by atoms with Crippen LogP contribution in [-0.4, -0.2) is 37.7 Å². The van der Waals surface area contributed by atoms with Crippen LogP contribution in [0.25, 0.3) is 11.1 Å². The van der Waals surface area contributed by atoms with Gasteiger partial charge in [0.15, 0.2) is 0 Å². The Hall–Kier alpha value is -3.66. The van der Waals surface area contributed by atoms with E-state index in [0.717, 1.165) is 16.7 Å². The number of benzene rings is 1. The van der Waals surface area contributed by atoms with E-state index < -0.39 is 0 Å². The molecule has 2 aromatic rings. The Morgan fingerprint density at radius 2 is 2.07 bits per heavy atom. The highest BCUT2D eigenvalue weighted by Crippen LogP contribution is 2.29. The monoisotopic (exact) mass is 376 g/mol. The van der Waals surface area contributed by atoms with Crippen molar-refractivity contribution in [3.05, 3.63) is 53.4 Å². The second kappa shape index (κ2) is 8.82. The fourth-order valence-electron chi connectivity index (χ4n) is 2.70. The van der Waals surface area contributed by atoms with Crippen LogP contribution in [0.2, 0.25) is 0 Å². The molecule has 0 bridgehead atoms. The smallest absolute Gasteiger partial charge is 0.273 e. The number of carbonyl (C=O) groups excluding carboxylic acids is 1. The SMILES string of the molecule is CN=C(C=C(C)N)C(=O)Nc1ccc(C)c(-c2cnc(N(C)C)c(C#N)c2)c1. The zero-order chi connectivity index (χ0) is 20.8. The number of carbonyl (C=O) groups is 1. The van der Waals surface area contributed by atoms with Crippen molar-refractivity contribution in [2.45, 2.75) is 13.8 Å². The van der Waals surface area contributed by atoms with Gasteiger partial charge in [-0.25, -0.2) is 4.98 Å². The summed E-state index contributed by atoms with van der Waals surface area (Å²) in [5.74, 6) is 0.266. The van der Waals surface area contributed by atoms with Gasteiger partial charge in [0, 0.05) is 44.3 Å². The molecule has 0 atom stereocenters. The fraction of sp³-hybridized carbons (Fsp3) is 0.238. The van der Waals surface area contributed by atoms with Crippen LogP contribution in [0.15, 0.2) is 47.2 Å². The molecule has 7 nitrogen and oxygen atoms in total. The Kier molecular flexibility index (Phi) is 6.51. The number of aromatic nitrogens is 1. The molecule has 0 spiro atoms. The number of amides is 1. The molecule has 0 aliphatic heterocycles. The average molecular weight is 376 g/mol. The van der Waals surface area contributed by atoms with E-state index in [1.54, 1.807) is 24.1 Å². The zero-order valence-electron chi connectivity index (χ0n) is 16.7. The third-order valence-corrected chi connectivity index (χ3v) is 4.06. The van der Waals surface area contributed by atoms with Crippen molar-refractivity contribution in [3.63, 3.8) is 0 Å². The molecule has 2 rings (SSSR count). The minimum Gasteiger partial charge on any atom is -0.402 e. The predicted molar refractivity (Wildman–Crippen MR) is 113 cm³/mol. The number of aryl methyl sites for hydroxylation is 1. The second-order valence-electron chi connectivity index (χ2n) is 6.58. The molecule has 0 saturated heterocycles. The molecule has 3 N–H and O–H groups in total. The number of rotatable bonds is 5. The third kappa shape index (κ3) is 4.74. The summed E-state index contributed by atoms with van der Waals surface area (Å²) >= 11 is 0. The molecule has 1 aromatic carbocycles. The molecule has 1 aromatic heterocycles. The van der Waals surface area contributed by atoms with E-state index in [2.05, 4.69) is 21.4 Å². The molecule has 144 valence electrons. The van der Waals surface area contributed by atoms with Crippen molar-refractivity contribution < 1.29 is 4.79 Å². The lowest BCUT2D eigenvalue weighted by Gasteiger charge is -2.15. The standard InChI is InChI=1S/C21H24N6O/c1-13-6-7-17(26-21(28)19(24-3)8-14(2)23)10-18(13)16-9-15(11-22)20(25-12-16)27(4)5/h6-10,12H,23H2,1-5H3,(H,26,28). The van der Waals surface area contributed by atoms with E-state index in [4.69, 9.17) is 5.73 Å². The summed E-state index contributed by atoms with van der Waals surface area (Å²) in [7, 11) is 5.22. The number of nitrogens with two attached hydrogens (primary N) is 1. The molecule has 7 heteroatoms. The lowest BCUT2D eigenvalue weighted by Crippen LogP contribution is -2.22. The number of hydrogen-bond acceptors (Lipinski definition) is 6. The van der Waals surface area contributed by atoms with Crippen LogP contribution >= 0.6 is 0 Å². The number of allylic oxidation sites excluding steroid dienone is 1. The van der Waals surface area contributed by atoms with E-state index in [0.29, 0.717) is 22.8 Å². The number of anilines is 2. The average Bonchev–Trinajstić information content (AvgIpc) is 2.66. The quantitative estimate of drug-likeness (QED) is 0.780. The van der Waals surface area contributed by atoms with Crippen molar-refractivity contribution in [1.82, 2.24) is 4.98 Å². The van der Waals surface area contributed by atoms with Crippen LogP contribution in [0.5, 0.6) is 0 Å². The lowest BCUT2D eigenvalue weighted by molar-refractivity contribution is -0.110. The van der Waals surface area contributed by atoms with Crippen LogP contribution < -0.4 is 16.0 Å². The minimum atomic E-state index is -0.346. The van der Waals surface area contributed by atoms with Crippen LogP contribution in [0.1, 0.15) is 18.1 Å². The summed E-state index contributed by atoms with van der Waals surface area (Å²) in [5.41, 5.74) is 10.2. The van der Waals surface area contributed by atoms with Gasteiger partial charge in [0.1, 0.15) is 17.6 Å². The molecule has 0 radical (unpaired) electrons. The Bertz CT molecular complexity index is 994. The first-order valence-electron chi connectivity index (χ1n) is 8.67. The third-order valence-electron chi connectivity index (χ3n) is 4.06. The van der Waals surface area contributed by atoms with E-state index in [1.165, 1.54) is 13.1 Å². The van der Waals surface area contributed by atoms with Crippen molar-refractivity contribution in [2.24, 2.45) is 10.7 Å². The number of hydrogen-bond donors (Lipinski definition) is 2. The maximum atomic E-state index is 12.4. The summed E-state index contributed by atoms with van der Waals surface area (Å²) < 4.78 is 0. The first-order chi connectivity index (χ1) is 13.3. The number of nitrogens with zero attached hydrogens (tertiary/aromatic N) is 4. The molecular formula is C21H24N6O. The normalized spacial score (nSPS) is 11.7. The van der Waals surface area contributed by atoms with Crippen LogP contribution in [0.3, 0.4) is 0 Å². The van der Waals surface area contributed by atoms with Gasteiger partial charge in [0.2, 0.25) is 0 Å². The van der Waals surface area contributed by atoms with Crippen LogP contribution in [0.4, 0.5) is 11.5 Å². The number of aliphatic imine (C=N–C) groups is 1. The van der Waals surface area contributed by atoms with E-state index in [9.17, 15) is 10.1 Å². The van der Waals surface area contributed by atoms with Gasteiger partial charge in [-0.15, -0.1) is 0 Å². The van der Waals surface area contributed by atoms with Crippen molar-refractivity contribution >= 4 is 23.1 Å². The van der Waals surface area contributed by atoms with Crippen molar-refractivity contribution in [2.75, 3.05) is 31.4 Å². The molecule has 0 saturated carbocycles. The maximum absolute atomic E-state index is 12.4. The minimum absolute atomic E-state index is 0.242. The summed E-state index contributed by atoms with van der Waals surface area (Å²) in [6, 6.07) is 9.56. The molecule has 28 heavy (non-hydrogen) atoms. The Balaban J connectivity index is 2.40. The topological polar surface area (TPSA) is 107 Å². The van der Waals surface area contributed by atoms with Gasteiger partial charge in [0.05, 0.1) is 5.56 Å². The largest absolute Gasteiger partial charge is 0.402 e. The maximum Gasteiger partial charge on any atom is 0.273 e. The highest BCUT2D eigenvalue weighted by Gasteiger charge is 2.13. The fourth-order valence-corrected chi connectivity index (χ4v) is 2.70. The highest BCUT2D eigenvalue weighted by molar-refractivity contribution is 6.47. The summed E-state index contributed by atoms with van der Waals surface area (Å²) in [6.07, 6.45) is 3.25. The Labute approximate surface area is 165 Å². The molecule has 1 amide bonds. The van der Waals surface area contributed by atoms with Gasteiger partial charge in [-0.2, -0.15) is 5.26 Å². The highest BCUT2D eigenvalue weighted by atomic mass is 16.1. The molecule has 1 heterocycles. The van der Waals surface area contributed by atoms with Gasteiger partial charge in [-0.3, -0.25) is 9.79 Å². The zero-order valence-corrected chi connectivity index (χ0v) is 16.7. The second-order valence-corrected chi connectivity index (χ2v) is 6.58. The van der Waals surface area contributed by atoms with Gasteiger partial charge in [-0.05, 0) is 49.2 Å². The number of nitriles is 1. The van der Waals surface area contributed by atoms with Crippen LogP contribution in [0, 0.1) is 18.3 Å². The van der Waals surface area contributed by atoms with Gasteiger partial charge < -0.3 is 16.0 Å². The Morgan fingerprint density at radius 3 is 2.64 bits per heavy atom. The summed E-state index contributed by atoms with van der Waals surface area (Å²) in [5, 5.41) is 12.3. The molecule has 0 fully saturated rings. The van der Waals surface area contributed by atoms with E-state index in [-0.39, 0.29) is 11.6 Å². The van der Waals surface area contributed by atoms with E-state index >= 15 is 0 Å².